The number of aromatic nitrogens is 4. The summed E-state index contributed by atoms with van der Waals surface area (Å²) < 4.78 is 10.8. The highest BCUT2D eigenvalue weighted by Crippen LogP contribution is 2.37. The highest BCUT2D eigenvalue weighted by molar-refractivity contribution is 7.50. The van der Waals surface area contributed by atoms with Gasteiger partial charge in [0.1, 0.15) is 6.16 Å². The molecule has 2 rings (SSSR count). The standard InChI is InChI=1S/C10H12N5O3P/c11-5-7-1-3-8(4-2-7)10-14-12-9(13-15-10)6-19(16,17)18/h1-4H,5-6,11H2,(H2,16,17,18). The molecule has 0 amide bonds. The third-order valence-corrected chi connectivity index (χ3v) is 3.01. The zero-order valence-corrected chi connectivity index (χ0v) is 10.7. The van der Waals surface area contributed by atoms with Crippen LogP contribution in [0.2, 0.25) is 0 Å². The van der Waals surface area contributed by atoms with Crippen LogP contribution in [0.1, 0.15) is 11.4 Å². The lowest BCUT2D eigenvalue weighted by Gasteiger charge is -2.02. The van der Waals surface area contributed by atoms with Gasteiger partial charge < -0.3 is 15.5 Å². The average molecular weight is 281 g/mol. The van der Waals surface area contributed by atoms with Crippen LogP contribution >= 0.6 is 7.60 Å². The van der Waals surface area contributed by atoms with Crippen LogP contribution in [0.25, 0.3) is 11.4 Å². The summed E-state index contributed by atoms with van der Waals surface area (Å²) in [6, 6.07) is 7.23. The molecule has 1 aromatic heterocycles. The van der Waals surface area contributed by atoms with E-state index in [9.17, 15) is 4.57 Å². The van der Waals surface area contributed by atoms with Crippen molar-refractivity contribution in [1.29, 1.82) is 0 Å². The summed E-state index contributed by atoms with van der Waals surface area (Å²) >= 11 is 0. The van der Waals surface area contributed by atoms with Crippen molar-refractivity contribution in [3.63, 3.8) is 0 Å². The minimum atomic E-state index is -4.20. The first-order chi connectivity index (χ1) is 8.98. The van der Waals surface area contributed by atoms with Crippen LogP contribution in [-0.4, -0.2) is 30.2 Å². The molecule has 0 saturated carbocycles. The van der Waals surface area contributed by atoms with Crippen molar-refractivity contribution in [2.24, 2.45) is 5.73 Å². The molecule has 1 aromatic carbocycles. The van der Waals surface area contributed by atoms with Crippen molar-refractivity contribution in [3.8, 4) is 11.4 Å². The van der Waals surface area contributed by atoms with E-state index in [1.165, 1.54) is 0 Å². The summed E-state index contributed by atoms with van der Waals surface area (Å²) in [6.07, 6.45) is -0.570. The molecule has 0 bridgehead atoms. The molecule has 0 fully saturated rings. The third kappa shape index (κ3) is 3.87. The van der Waals surface area contributed by atoms with Crippen LogP contribution in [0.15, 0.2) is 24.3 Å². The first-order valence-electron chi connectivity index (χ1n) is 5.38. The van der Waals surface area contributed by atoms with Gasteiger partial charge in [-0.05, 0) is 5.56 Å². The monoisotopic (exact) mass is 281 g/mol. The number of nitrogens with zero attached hydrogens (tertiary/aromatic N) is 4. The van der Waals surface area contributed by atoms with Gasteiger partial charge in [0.15, 0.2) is 5.82 Å². The summed E-state index contributed by atoms with van der Waals surface area (Å²) in [5, 5.41) is 14.9. The topological polar surface area (TPSA) is 135 Å². The highest BCUT2D eigenvalue weighted by atomic mass is 31.2. The van der Waals surface area contributed by atoms with Gasteiger partial charge in [-0.15, -0.1) is 20.4 Å². The fourth-order valence-corrected chi connectivity index (χ4v) is 1.90. The van der Waals surface area contributed by atoms with Gasteiger partial charge in [0.05, 0.1) is 0 Å². The normalized spacial score (nSPS) is 11.5. The second-order valence-electron chi connectivity index (χ2n) is 3.86. The Labute approximate surface area is 108 Å². The molecule has 0 aliphatic heterocycles. The van der Waals surface area contributed by atoms with E-state index >= 15 is 0 Å². The predicted octanol–water partition coefficient (Wildman–Crippen LogP) is 0.0700. The van der Waals surface area contributed by atoms with Gasteiger partial charge in [-0.1, -0.05) is 24.3 Å². The number of hydrogen-bond donors (Lipinski definition) is 3. The maximum atomic E-state index is 10.8. The van der Waals surface area contributed by atoms with Crippen LogP contribution in [-0.2, 0) is 17.3 Å². The van der Waals surface area contributed by atoms with Crippen LogP contribution in [0.5, 0.6) is 0 Å². The lowest BCUT2D eigenvalue weighted by molar-refractivity contribution is 0.370. The van der Waals surface area contributed by atoms with Crippen molar-refractivity contribution in [3.05, 3.63) is 35.7 Å². The van der Waals surface area contributed by atoms with Gasteiger partial charge in [-0.2, -0.15) is 0 Å². The Morgan fingerprint density at radius 1 is 1.05 bits per heavy atom. The first-order valence-corrected chi connectivity index (χ1v) is 7.18. The van der Waals surface area contributed by atoms with Crippen LogP contribution in [0, 0.1) is 0 Å². The van der Waals surface area contributed by atoms with E-state index in [1.54, 1.807) is 12.1 Å². The van der Waals surface area contributed by atoms with Crippen molar-refractivity contribution < 1.29 is 14.4 Å². The molecular formula is C10H12N5O3P. The molecule has 8 nitrogen and oxygen atoms in total. The zero-order chi connectivity index (χ0) is 13.9. The van der Waals surface area contributed by atoms with Crippen LogP contribution in [0.4, 0.5) is 0 Å². The molecule has 0 radical (unpaired) electrons. The largest absolute Gasteiger partial charge is 0.333 e. The van der Waals surface area contributed by atoms with Gasteiger partial charge >= 0.3 is 7.60 Å². The second-order valence-corrected chi connectivity index (χ2v) is 5.51. The maximum absolute atomic E-state index is 10.8. The van der Waals surface area contributed by atoms with E-state index in [0.29, 0.717) is 12.1 Å². The quantitative estimate of drug-likeness (QED) is 0.670. The highest BCUT2D eigenvalue weighted by Gasteiger charge is 2.17. The Morgan fingerprint density at radius 3 is 2.11 bits per heavy atom. The summed E-state index contributed by atoms with van der Waals surface area (Å²) in [5.41, 5.74) is 7.17. The minimum absolute atomic E-state index is 0.0874. The molecule has 19 heavy (non-hydrogen) atoms. The Bertz CT molecular complexity index is 596. The van der Waals surface area contributed by atoms with Crippen molar-refractivity contribution in [1.82, 2.24) is 20.4 Å². The Hall–Kier alpha value is -1.73. The van der Waals surface area contributed by atoms with Crippen LogP contribution in [0.3, 0.4) is 0 Å². The fraction of sp³-hybridized carbons (Fsp3) is 0.200. The molecule has 0 atom stereocenters. The SMILES string of the molecule is NCc1ccc(-c2nnc(CP(=O)(O)O)nn2)cc1. The molecule has 2 aromatic rings. The Balaban J connectivity index is 2.19. The Kier molecular flexibility index (Phi) is 3.96. The fourth-order valence-electron chi connectivity index (χ4n) is 1.40. The van der Waals surface area contributed by atoms with Gasteiger partial charge in [-0.3, -0.25) is 4.57 Å². The minimum Gasteiger partial charge on any atom is -0.326 e. The van der Waals surface area contributed by atoms with Gasteiger partial charge in [0.2, 0.25) is 5.82 Å². The molecular weight excluding hydrogens is 269 g/mol. The van der Waals surface area contributed by atoms with E-state index in [4.69, 9.17) is 15.5 Å². The summed E-state index contributed by atoms with van der Waals surface area (Å²) in [7, 11) is -4.20. The van der Waals surface area contributed by atoms with Crippen molar-refractivity contribution >= 4 is 7.60 Å². The van der Waals surface area contributed by atoms with Gasteiger partial charge in [0.25, 0.3) is 0 Å². The molecule has 0 aliphatic rings. The van der Waals surface area contributed by atoms with E-state index in [0.717, 1.165) is 5.56 Å². The third-order valence-electron chi connectivity index (χ3n) is 2.32. The van der Waals surface area contributed by atoms with Crippen molar-refractivity contribution in [2.75, 3.05) is 0 Å². The molecule has 1 heterocycles. The molecule has 0 unspecified atom stereocenters. The number of rotatable bonds is 4. The molecule has 0 saturated heterocycles. The maximum Gasteiger partial charge on any atom is 0.333 e. The molecule has 0 aliphatic carbocycles. The average Bonchev–Trinajstić information content (AvgIpc) is 2.38. The van der Waals surface area contributed by atoms with E-state index in [2.05, 4.69) is 20.4 Å². The number of nitrogens with two attached hydrogens (primary N) is 1. The molecule has 100 valence electrons. The lowest BCUT2D eigenvalue weighted by Crippen LogP contribution is -2.03. The van der Waals surface area contributed by atoms with E-state index in [-0.39, 0.29) is 11.6 Å². The number of hydrogen-bond acceptors (Lipinski definition) is 6. The van der Waals surface area contributed by atoms with Gasteiger partial charge in [0, 0.05) is 12.1 Å². The molecule has 9 heteroatoms. The summed E-state index contributed by atoms with van der Waals surface area (Å²) in [6.45, 7) is 0.443. The zero-order valence-electron chi connectivity index (χ0n) is 9.84. The second kappa shape index (κ2) is 5.50. The molecule has 4 N–H and O–H groups in total. The lowest BCUT2D eigenvalue weighted by atomic mass is 10.1. The van der Waals surface area contributed by atoms with E-state index in [1.807, 2.05) is 12.1 Å². The summed E-state index contributed by atoms with van der Waals surface area (Å²) in [4.78, 5) is 17.6. The van der Waals surface area contributed by atoms with E-state index < -0.39 is 13.8 Å². The summed E-state index contributed by atoms with van der Waals surface area (Å²) in [5.74, 6) is 0.202. The van der Waals surface area contributed by atoms with Crippen LogP contribution < -0.4 is 5.73 Å². The predicted molar refractivity (Wildman–Crippen MR) is 66.7 cm³/mol. The number of benzene rings is 1. The molecule has 0 spiro atoms. The first kappa shape index (κ1) is 13.7. The van der Waals surface area contributed by atoms with Crippen molar-refractivity contribution in [2.45, 2.75) is 12.7 Å². The van der Waals surface area contributed by atoms with Gasteiger partial charge in [-0.25, -0.2) is 0 Å². The smallest absolute Gasteiger partial charge is 0.326 e. The Morgan fingerprint density at radius 2 is 1.63 bits per heavy atom.